The van der Waals surface area contributed by atoms with Gasteiger partial charge in [0.2, 0.25) is 11.8 Å². The molecular formula is C31H40Cl2N12O3. The highest BCUT2D eigenvalue weighted by atomic mass is 35.5. The lowest BCUT2D eigenvalue weighted by Crippen LogP contribution is -2.46. The van der Waals surface area contributed by atoms with Crippen LogP contribution in [0.3, 0.4) is 0 Å². The molecule has 7 N–H and O–H groups in total. The summed E-state index contributed by atoms with van der Waals surface area (Å²) in [6.07, 6.45) is 12.4. The smallest absolute Gasteiger partial charge is 0.323 e. The summed E-state index contributed by atoms with van der Waals surface area (Å²) >= 11 is 12.3. The fourth-order valence-electron chi connectivity index (χ4n) is 5.89. The standard InChI is InChI=1S/C31H40Cl2N12O3/c32-20-14-23(40-31(47)41-24-17-37-26-15-25(33)42-45(26)27(24)19-5-6-19)29(38-16-20)48-13-2-1-9-43-11-7-21(18-43)39-28(46)22(34)4-3-10-44-12-8-36-30(44)35/h8,12,14-17,19,21-22H,1-7,9-11,13,18,34H2,(H2,35,36)(H,39,46)(H2,40,41,47)/t21-,22+/m1/s1. The Hall–Kier alpha value is -4.18. The first-order chi connectivity index (χ1) is 23.2. The van der Waals surface area contributed by atoms with E-state index in [0.717, 1.165) is 63.9 Å². The largest absolute Gasteiger partial charge is 0.476 e. The van der Waals surface area contributed by atoms with E-state index in [2.05, 4.69) is 40.9 Å². The van der Waals surface area contributed by atoms with Gasteiger partial charge in [-0.25, -0.2) is 24.3 Å². The second-order valence-corrected chi connectivity index (χ2v) is 13.1. The molecule has 256 valence electrons. The van der Waals surface area contributed by atoms with Crippen molar-refractivity contribution in [3.05, 3.63) is 52.8 Å². The van der Waals surface area contributed by atoms with Gasteiger partial charge in [0.1, 0.15) is 5.69 Å². The maximum absolute atomic E-state index is 13.1. The molecule has 3 amide bonds. The minimum Gasteiger partial charge on any atom is -0.476 e. The third kappa shape index (κ3) is 8.64. The summed E-state index contributed by atoms with van der Waals surface area (Å²) < 4.78 is 9.48. The Balaban J connectivity index is 0.914. The second kappa shape index (κ2) is 15.4. The molecule has 2 fully saturated rings. The van der Waals surface area contributed by atoms with Crippen molar-refractivity contribution in [1.29, 1.82) is 0 Å². The van der Waals surface area contributed by atoms with Crippen molar-refractivity contribution in [2.45, 2.75) is 69.5 Å². The molecule has 0 radical (unpaired) electrons. The number of halogens is 2. The predicted molar refractivity (Wildman–Crippen MR) is 183 cm³/mol. The van der Waals surface area contributed by atoms with Crippen molar-refractivity contribution in [3.63, 3.8) is 0 Å². The molecule has 1 saturated heterocycles. The Morgan fingerprint density at radius 1 is 1.02 bits per heavy atom. The number of urea groups is 1. The number of carbonyl (C=O) groups is 2. The van der Waals surface area contributed by atoms with Gasteiger partial charge in [0, 0.05) is 56.3 Å². The topological polar surface area (TPSA) is 196 Å². The lowest BCUT2D eigenvalue weighted by Gasteiger charge is -2.19. The minimum absolute atomic E-state index is 0.0811. The fourth-order valence-corrected chi connectivity index (χ4v) is 6.22. The number of aromatic nitrogens is 6. The number of nitrogens with two attached hydrogens (primary N) is 2. The molecule has 0 spiro atoms. The maximum Gasteiger partial charge on any atom is 0.323 e. The Kier molecular flexibility index (Phi) is 10.8. The maximum atomic E-state index is 13.1. The highest BCUT2D eigenvalue weighted by molar-refractivity contribution is 6.31. The number of unbranched alkanes of at least 4 members (excludes halogenated alkanes) is 1. The van der Waals surface area contributed by atoms with Crippen LogP contribution in [0.4, 0.5) is 22.1 Å². The van der Waals surface area contributed by atoms with Crippen LogP contribution in [0.1, 0.15) is 56.6 Å². The van der Waals surface area contributed by atoms with E-state index in [-0.39, 0.29) is 23.7 Å². The van der Waals surface area contributed by atoms with Crippen molar-refractivity contribution in [2.75, 3.05) is 42.6 Å². The molecule has 17 heteroatoms. The number of hydrogen-bond acceptors (Lipinski definition) is 10. The Labute approximate surface area is 287 Å². The summed E-state index contributed by atoms with van der Waals surface area (Å²) in [5, 5.41) is 13.8. The highest BCUT2D eigenvalue weighted by Gasteiger charge is 2.31. The first kappa shape index (κ1) is 33.7. The number of nitrogen functional groups attached to an aromatic ring is 1. The molecule has 0 bridgehead atoms. The van der Waals surface area contributed by atoms with Gasteiger partial charge in [-0.1, -0.05) is 23.2 Å². The molecule has 15 nitrogen and oxygen atoms in total. The molecule has 48 heavy (non-hydrogen) atoms. The minimum atomic E-state index is -0.559. The predicted octanol–water partition coefficient (Wildman–Crippen LogP) is 3.89. The number of pyridine rings is 1. The lowest BCUT2D eigenvalue weighted by molar-refractivity contribution is -0.123. The molecule has 5 heterocycles. The molecule has 6 rings (SSSR count). The van der Waals surface area contributed by atoms with E-state index < -0.39 is 12.1 Å². The molecule has 1 aliphatic carbocycles. The zero-order valence-corrected chi connectivity index (χ0v) is 28.0. The van der Waals surface area contributed by atoms with Crippen LogP contribution >= 0.6 is 23.2 Å². The van der Waals surface area contributed by atoms with Gasteiger partial charge in [-0.2, -0.15) is 5.10 Å². The third-order valence-corrected chi connectivity index (χ3v) is 8.89. The van der Waals surface area contributed by atoms with Crippen LogP contribution < -0.4 is 32.2 Å². The molecule has 0 aromatic carbocycles. The van der Waals surface area contributed by atoms with Gasteiger partial charge in [-0.15, -0.1) is 0 Å². The summed E-state index contributed by atoms with van der Waals surface area (Å²) in [5.41, 5.74) is 14.3. The number of nitrogens with one attached hydrogen (secondary N) is 3. The number of ether oxygens (including phenoxy) is 1. The van der Waals surface area contributed by atoms with Crippen molar-refractivity contribution >= 4 is 58.1 Å². The van der Waals surface area contributed by atoms with E-state index in [1.54, 1.807) is 29.0 Å². The number of nitrogens with zero attached hydrogens (tertiary/aromatic N) is 7. The van der Waals surface area contributed by atoms with E-state index in [9.17, 15) is 9.59 Å². The SMILES string of the molecule is Nc1nccn1CCC[C@H](N)C(=O)N[C@@H]1CCN(CCCCOc2ncc(Cl)cc2NC(=O)Nc2cnc3cc(Cl)nn3c2C2CC2)C1. The molecular weight excluding hydrogens is 659 g/mol. The highest BCUT2D eigenvalue weighted by Crippen LogP contribution is 2.43. The quantitative estimate of drug-likeness (QED) is 0.114. The third-order valence-electron chi connectivity index (χ3n) is 8.49. The zero-order valence-electron chi connectivity index (χ0n) is 26.4. The summed E-state index contributed by atoms with van der Waals surface area (Å²) in [4.78, 5) is 40.7. The zero-order chi connectivity index (χ0) is 33.6. The van der Waals surface area contributed by atoms with Crippen LogP contribution in [0.25, 0.3) is 5.65 Å². The molecule has 2 atom stereocenters. The van der Waals surface area contributed by atoms with Crippen molar-refractivity contribution in [2.24, 2.45) is 5.73 Å². The number of carbonyl (C=O) groups excluding carboxylic acids is 2. The summed E-state index contributed by atoms with van der Waals surface area (Å²) in [5.74, 6) is 0.887. The van der Waals surface area contributed by atoms with Crippen LogP contribution in [-0.4, -0.2) is 84.3 Å². The fraction of sp³-hybridized carbons (Fsp3) is 0.484. The van der Waals surface area contributed by atoms with Crippen LogP contribution in [-0.2, 0) is 11.3 Å². The molecule has 2 aliphatic rings. The number of fused-ring (bicyclic) bond motifs is 1. The van der Waals surface area contributed by atoms with E-state index in [0.29, 0.717) is 52.7 Å². The van der Waals surface area contributed by atoms with Crippen LogP contribution in [0.15, 0.2) is 36.9 Å². The number of aryl methyl sites for hydroxylation is 1. The van der Waals surface area contributed by atoms with Crippen LogP contribution in [0.5, 0.6) is 5.88 Å². The van der Waals surface area contributed by atoms with Crippen molar-refractivity contribution < 1.29 is 14.3 Å². The van der Waals surface area contributed by atoms with Gasteiger partial charge in [0.25, 0.3) is 0 Å². The van der Waals surface area contributed by atoms with Crippen LogP contribution in [0.2, 0.25) is 10.2 Å². The molecule has 4 aromatic heterocycles. The number of hydrogen-bond donors (Lipinski definition) is 5. The van der Waals surface area contributed by atoms with E-state index in [4.69, 9.17) is 39.4 Å². The van der Waals surface area contributed by atoms with Gasteiger partial charge in [-0.3, -0.25) is 4.79 Å². The first-order valence-corrected chi connectivity index (χ1v) is 16.9. The van der Waals surface area contributed by atoms with E-state index in [1.165, 1.54) is 6.20 Å². The first-order valence-electron chi connectivity index (χ1n) is 16.2. The summed E-state index contributed by atoms with van der Waals surface area (Å²) in [6, 6.07) is 2.32. The second-order valence-electron chi connectivity index (χ2n) is 12.2. The molecule has 1 aliphatic heterocycles. The molecule has 1 saturated carbocycles. The number of amides is 3. The van der Waals surface area contributed by atoms with Gasteiger partial charge >= 0.3 is 6.03 Å². The lowest BCUT2D eigenvalue weighted by atomic mass is 10.1. The average Bonchev–Trinajstić information content (AvgIpc) is 3.45. The monoisotopic (exact) mass is 698 g/mol. The number of imidazole rings is 1. The van der Waals surface area contributed by atoms with E-state index >= 15 is 0 Å². The van der Waals surface area contributed by atoms with Crippen molar-refractivity contribution in [3.8, 4) is 5.88 Å². The van der Waals surface area contributed by atoms with Crippen LogP contribution in [0, 0.1) is 0 Å². The van der Waals surface area contributed by atoms with E-state index in [1.807, 2.05) is 10.8 Å². The number of likely N-dealkylation sites (tertiary alicyclic amines) is 1. The summed E-state index contributed by atoms with van der Waals surface area (Å²) in [7, 11) is 0. The number of anilines is 3. The Morgan fingerprint density at radius 3 is 2.65 bits per heavy atom. The van der Waals surface area contributed by atoms with Gasteiger partial charge in [0.05, 0.1) is 35.2 Å². The van der Waals surface area contributed by atoms with Crippen molar-refractivity contribution in [1.82, 2.24) is 39.3 Å². The van der Waals surface area contributed by atoms with Gasteiger partial charge < -0.3 is 41.6 Å². The van der Waals surface area contributed by atoms with Gasteiger partial charge in [0.15, 0.2) is 16.7 Å². The average molecular weight is 700 g/mol. The molecule has 4 aromatic rings. The normalized spacial score (nSPS) is 17.0. The summed E-state index contributed by atoms with van der Waals surface area (Å²) in [6.45, 7) is 3.64. The Morgan fingerprint density at radius 2 is 1.85 bits per heavy atom. The Bertz CT molecular complexity index is 1740. The van der Waals surface area contributed by atoms with Gasteiger partial charge in [-0.05, 0) is 57.6 Å². The molecule has 0 unspecified atom stereocenters. The number of rotatable bonds is 15.